The van der Waals surface area contributed by atoms with E-state index in [1.54, 1.807) is 0 Å². The average Bonchev–Trinajstić information content (AvgIpc) is 2.95. The number of amides is 2. The highest BCUT2D eigenvalue weighted by atomic mass is 16.5. The van der Waals surface area contributed by atoms with Gasteiger partial charge in [-0.2, -0.15) is 0 Å². The lowest BCUT2D eigenvalue weighted by Crippen LogP contribution is -2.40. The molecule has 0 spiro atoms. The third-order valence-corrected chi connectivity index (χ3v) is 4.51. The first kappa shape index (κ1) is 17.7. The van der Waals surface area contributed by atoms with Crippen molar-refractivity contribution in [1.29, 1.82) is 0 Å². The van der Waals surface area contributed by atoms with Gasteiger partial charge in [-0.25, -0.2) is 9.78 Å². The van der Waals surface area contributed by atoms with E-state index >= 15 is 0 Å². The van der Waals surface area contributed by atoms with Crippen molar-refractivity contribution in [3.63, 3.8) is 0 Å². The summed E-state index contributed by atoms with van der Waals surface area (Å²) in [5, 5.41) is 5.84. The van der Waals surface area contributed by atoms with Crippen LogP contribution in [0.3, 0.4) is 0 Å². The molecule has 2 heterocycles. The average molecular weight is 345 g/mol. The number of aryl methyl sites for hydroxylation is 1. The van der Waals surface area contributed by atoms with E-state index in [0.29, 0.717) is 19.6 Å². The van der Waals surface area contributed by atoms with E-state index in [4.69, 9.17) is 4.74 Å². The number of aromatic nitrogens is 2. The number of imidazole rings is 1. The highest BCUT2D eigenvalue weighted by Gasteiger charge is 2.10. The summed E-state index contributed by atoms with van der Waals surface area (Å²) in [7, 11) is 0. The molecular weight excluding hydrogens is 318 g/mol. The Kier molecular flexibility index (Phi) is 6.25. The summed E-state index contributed by atoms with van der Waals surface area (Å²) in [5.41, 5.74) is 2.10. The SMILES string of the molecule is Cc1nc2ccccc2n1CCNC(=O)NCCCN1CCOCC1. The van der Waals surface area contributed by atoms with Crippen LogP contribution in [-0.2, 0) is 11.3 Å². The number of urea groups is 1. The van der Waals surface area contributed by atoms with Gasteiger partial charge >= 0.3 is 6.03 Å². The molecule has 1 aromatic heterocycles. The molecule has 0 radical (unpaired) electrons. The van der Waals surface area contributed by atoms with Gasteiger partial charge in [-0.05, 0) is 32.0 Å². The van der Waals surface area contributed by atoms with Crippen LogP contribution < -0.4 is 10.6 Å². The number of hydrogen-bond donors (Lipinski definition) is 2. The highest BCUT2D eigenvalue weighted by molar-refractivity contribution is 5.76. The minimum absolute atomic E-state index is 0.107. The van der Waals surface area contributed by atoms with E-state index in [2.05, 4.69) is 31.2 Å². The summed E-state index contributed by atoms with van der Waals surface area (Å²) in [6, 6.07) is 7.95. The number of carbonyl (C=O) groups excluding carboxylic acids is 1. The third-order valence-electron chi connectivity index (χ3n) is 4.51. The number of nitrogens with zero attached hydrogens (tertiary/aromatic N) is 3. The van der Waals surface area contributed by atoms with Crippen molar-refractivity contribution >= 4 is 17.1 Å². The number of ether oxygens (including phenoxy) is 1. The van der Waals surface area contributed by atoms with Crippen molar-refractivity contribution in [3.8, 4) is 0 Å². The predicted octanol–water partition coefficient (Wildman–Crippen LogP) is 1.37. The molecule has 0 aliphatic carbocycles. The van der Waals surface area contributed by atoms with E-state index in [0.717, 1.165) is 56.1 Å². The number of morpholine rings is 1. The minimum Gasteiger partial charge on any atom is -0.379 e. The maximum atomic E-state index is 11.9. The zero-order valence-electron chi connectivity index (χ0n) is 14.8. The van der Waals surface area contributed by atoms with Crippen molar-refractivity contribution in [3.05, 3.63) is 30.1 Å². The molecular formula is C18H27N5O2. The number of carbonyl (C=O) groups is 1. The third kappa shape index (κ3) is 4.93. The van der Waals surface area contributed by atoms with Gasteiger partial charge in [0, 0.05) is 32.7 Å². The molecule has 1 aliphatic rings. The monoisotopic (exact) mass is 345 g/mol. The maximum Gasteiger partial charge on any atom is 0.314 e. The fourth-order valence-corrected chi connectivity index (χ4v) is 3.15. The van der Waals surface area contributed by atoms with E-state index in [1.807, 2.05) is 25.1 Å². The number of para-hydroxylation sites is 2. The lowest BCUT2D eigenvalue weighted by atomic mass is 10.3. The summed E-state index contributed by atoms with van der Waals surface area (Å²) < 4.78 is 7.46. The minimum atomic E-state index is -0.107. The molecule has 2 N–H and O–H groups in total. The Hall–Kier alpha value is -2.12. The normalized spacial score (nSPS) is 15.4. The Bertz CT molecular complexity index is 694. The van der Waals surface area contributed by atoms with Gasteiger partial charge in [-0.15, -0.1) is 0 Å². The Morgan fingerprint density at radius 3 is 2.76 bits per heavy atom. The molecule has 0 bridgehead atoms. The second-order valence-corrected chi connectivity index (χ2v) is 6.29. The predicted molar refractivity (Wildman–Crippen MR) is 97.7 cm³/mol. The zero-order valence-corrected chi connectivity index (χ0v) is 14.8. The van der Waals surface area contributed by atoms with Crippen molar-refractivity contribution in [1.82, 2.24) is 25.1 Å². The number of fused-ring (bicyclic) bond motifs is 1. The first-order chi connectivity index (χ1) is 12.2. The number of hydrogen-bond acceptors (Lipinski definition) is 4. The second-order valence-electron chi connectivity index (χ2n) is 6.29. The Balaban J connectivity index is 1.34. The summed E-state index contributed by atoms with van der Waals surface area (Å²) in [6.45, 7) is 8.59. The van der Waals surface area contributed by atoms with Crippen molar-refractivity contribution < 1.29 is 9.53 Å². The van der Waals surface area contributed by atoms with Crippen molar-refractivity contribution in [2.24, 2.45) is 0 Å². The molecule has 0 saturated carbocycles. The lowest BCUT2D eigenvalue weighted by Gasteiger charge is -2.26. The largest absolute Gasteiger partial charge is 0.379 e. The van der Waals surface area contributed by atoms with Gasteiger partial charge < -0.3 is 19.9 Å². The molecule has 25 heavy (non-hydrogen) atoms. The van der Waals surface area contributed by atoms with E-state index in [-0.39, 0.29) is 6.03 Å². The van der Waals surface area contributed by atoms with Gasteiger partial charge in [0.15, 0.2) is 0 Å². The van der Waals surface area contributed by atoms with E-state index in [1.165, 1.54) is 0 Å². The smallest absolute Gasteiger partial charge is 0.314 e. The molecule has 0 unspecified atom stereocenters. The van der Waals surface area contributed by atoms with Gasteiger partial charge in [0.05, 0.1) is 24.2 Å². The van der Waals surface area contributed by atoms with Crippen LogP contribution in [0.25, 0.3) is 11.0 Å². The summed E-state index contributed by atoms with van der Waals surface area (Å²) in [6.07, 6.45) is 0.957. The first-order valence-corrected chi connectivity index (χ1v) is 8.98. The van der Waals surface area contributed by atoms with Crippen molar-refractivity contribution in [2.45, 2.75) is 19.9 Å². The van der Waals surface area contributed by atoms with Crippen LogP contribution in [0.2, 0.25) is 0 Å². The molecule has 1 fully saturated rings. The standard InChI is InChI=1S/C18H27N5O2/c1-15-21-16-5-2-3-6-17(16)23(15)10-8-20-18(24)19-7-4-9-22-11-13-25-14-12-22/h2-3,5-6H,4,7-14H2,1H3,(H2,19,20,24). The Morgan fingerprint density at radius 2 is 1.92 bits per heavy atom. The summed E-state index contributed by atoms with van der Waals surface area (Å²) in [5.74, 6) is 0.967. The van der Waals surface area contributed by atoms with Crippen molar-refractivity contribution in [2.75, 3.05) is 45.9 Å². The van der Waals surface area contributed by atoms with E-state index < -0.39 is 0 Å². The second kappa shape index (κ2) is 8.82. The quantitative estimate of drug-likeness (QED) is 0.744. The van der Waals surface area contributed by atoms with Crippen LogP contribution in [0.15, 0.2) is 24.3 Å². The molecule has 0 atom stereocenters. The van der Waals surface area contributed by atoms with Crippen LogP contribution in [-0.4, -0.2) is 66.4 Å². The van der Waals surface area contributed by atoms with Crippen LogP contribution in [0.4, 0.5) is 4.79 Å². The van der Waals surface area contributed by atoms with Crippen LogP contribution in [0.1, 0.15) is 12.2 Å². The van der Waals surface area contributed by atoms with Crippen LogP contribution in [0, 0.1) is 6.92 Å². The summed E-state index contributed by atoms with van der Waals surface area (Å²) >= 11 is 0. The molecule has 2 aromatic rings. The van der Waals surface area contributed by atoms with E-state index in [9.17, 15) is 4.79 Å². The lowest BCUT2D eigenvalue weighted by molar-refractivity contribution is 0.0375. The zero-order chi connectivity index (χ0) is 17.5. The topological polar surface area (TPSA) is 71.4 Å². The molecule has 1 saturated heterocycles. The fraction of sp³-hybridized carbons (Fsp3) is 0.556. The molecule has 136 valence electrons. The highest BCUT2D eigenvalue weighted by Crippen LogP contribution is 2.14. The number of nitrogens with one attached hydrogen (secondary N) is 2. The molecule has 7 heteroatoms. The van der Waals surface area contributed by atoms with Crippen LogP contribution >= 0.6 is 0 Å². The fourth-order valence-electron chi connectivity index (χ4n) is 3.15. The molecule has 7 nitrogen and oxygen atoms in total. The van der Waals surface area contributed by atoms with Gasteiger partial charge in [-0.1, -0.05) is 12.1 Å². The maximum absolute atomic E-state index is 11.9. The Morgan fingerprint density at radius 1 is 1.16 bits per heavy atom. The summed E-state index contributed by atoms with van der Waals surface area (Å²) in [4.78, 5) is 18.8. The first-order valence-electron chi connectivity index (χ1n) is 8.98. The van der Waals surface area contributed by atoms with Crippen LogP contribution in [0.5, 0.6) is 0 Å². The molecule has 3 rings (SSSR count). The number of rotatable bonds is 7. The van der Waals surface area contributed by atoms with Gasteiger partial charge in [0.2, 0.25) is 0 Å². The Labute approximate surface area is 148 Å². The molecule has 1 aliphatic heterocycles. The molecule has 1 aromatic carbocycles. The molecule has 2 amide bonds. The number of benzene rings is 1. The van der Waals surface area contributed by atoms with Gasteiger partial charge in [-0.3, -0.25) is 4.90 Å². The van der Waals surface area contributed by atoms with Gasteiger partial charge in [0.1, 0.15) is 5.82 Å². The van der Waals surface area contributed by atoms with Gasteiger partial charge in [0.25, 0.3) is 0 Å².